The predicted octanol–water partition coefficient (Wildman–Crippen LogP) is 1.60. The van der Waals surface area contributed by atoms with E-state index in [9.17, 15) is 4.79 Å². The summed E-state index contributed by atoms with van der Waals surface area (Å²) >= 11 is 0. The fourth-order valence-corrected chi connectivity index (χ4v) is 2.98. The Labute approximate surface area is 141 Å². The van der Waals surface area contributed by atoms with Crippen LogP contribution in [-0.4, -0.2) is 41.6 Å². The highest BCUT2D eigenvalue weighted by Crippen LogP contribution is 2.24. The molecule has 1 aliphatic heterocycles. The average Bonchev–Trinajstić information content (AvgIpc) is 2.98. The number of hydrogen-bond donors (Lipinski definition) is 1. The van der Waals surface area contributed by atoms with Gasteiger partial charge in [-0.25, -0.2) is 4.98 Å². The van der Waals surface area contributed by atoms with Gasteiger partial charge in [-0.05, 0) is 18.2 Å². The molecule has 0 unspecified atom stereocenters. The van der Waals surface area contributed by atoms with E-state index < -0.39 is 0 Å². The summed E-state index contributed by atoms with van der Waals surface area (Å²) in [5.74, 6) is 1.02. The van der Waals surface area contributed by atoms with Crippen molar-refractivity contribution in [2.24, 2.45) is 5.73 Å². The minimum Gasteiger partial charge on any atom is -0.489 e. The van der Waals surface area contributed by atoms with E-state index in [4.69, 9.17) is 15.2 Å². The second-order valence-electron chi connectivity index (χ2n) is 5.81. The van der Waals surface area contributed by atoms with Crippen molar-refractivity contribution in [1.29, 1.82) is 0 Å². The molecular weight excluding hydrogens is 306 g/mol. The summed E-state index contributed by atoms with van der Waals surface area (Å²) in [4.78, 5) is 18.2. The summed E-state index contributed by atoms with van der Waals surface area (Å²) in [6, 6.07) is 14.8. The molecule has 126 valence electrons. The monoisotopic (exact) mass is 327 g/mol. The molecule has 1 aliphatic rings. The van der Waals surface area contributed by atoms with Crippen molar-refractivity contribution in [2.45, 2.75) is 25.1 Å². The Hall–Kier alpha value is -2.60. The summed E-state index contributed by atoms with van der Waals surface area (Å²) in [5, 5.41) is 0. The Kier molecular flexibility index (Phi) is 4.96. The largest absolute Gasteiger partial charge is 0.489 e. The molecule has 2 N–H and O–H groups in total. The molecule has 1 aromatic heterocycles. The van der Waals surface area contributed by atoms with Crippen LogP contribution in [0.5, 0.6) is 11.6 Å². The number of nitrogens with two attached hydrogens (primary N) is 1. The first kappa shape index (κ1) is 16.3. The fourth-order valence-electron chi connectivity index (χ4n) is 2.98. The first-order valence-electron chi connectivity index (χ1n) is 7.90. The number of rotatable bonds is 6. The highest BCUT2D eigenvalue weighted by atomic mass is 16.5. The number of pyridine rings is 1. The molecule has 2 heterocycles. The normalized spacial score (nSPS) is 20.7. The van der Waals surface area contributed by atoms with Crippen molar-refractivity contribution in [2.75, 3.05) is 13.7 Å². The molecule has 0 spiro atoms. The van der Waals surface area contributed by atoms with Gasteiger partial charge < -0.3 is 15.2 Å². The Morgan fingerprint density at radius 2 is 2.04 bits per heavy atom. The van der Waals surface area contributed by atoms with Gasteiger partial charge in [-0.15, -0.1) is 0 Å². The third kappa shape index (κ3) is 3.83. The molecule has 6 heteroatoms. The quantitative estimate of drug-likeness (QED) is 0.872. The number of carbonyl (C=O) groups is 1. The number of primary amides is 1. The number of nitrogens with zero attached hydrogens (tertiary/aromatic N) is 2. The lowest BCUT2D eigenvalue weighted by Gasteiger charge is -2.21. The molecule has 1 aromatic carbocycles. The smallest absolute Gasteiger partial charge is 0.234 e. The van der Waals surface area contributed by atoms with Crippen LogP contribution in [0.25, 0.3) is 0 Å². The Bertz CT molecular complexity index is 693. The number of aromatic nitrogens is 1. The Morgan fingerprint density at radius 1 is 1.25 bits per heavy atom. The van der Waals surface area contributed by atoms with Crippen molar-refractivity contribution in [3.63, 3.8) is 0 Å². The van der Waals surface area contributed by atoms with E-state index in [1.54, 1.807) is 13.2 Å². The fraction of sp³-hybridized carbons (Fsp3) is 0.333. The number of likely N-dealkylation sites (tertiary alicyclic amines) is 1. The number of ether oxygens (including phenoxy) is 2. The highest BCUT2D eigenvalue weighted by Gasteiger charge is 2.37. The van der Waals surface area contributed by atoms with Gasteiger partial charge in [0.15, 0.2) is 0 Å². The summed E-state index contributed by atoms with van der Waals surface area (Å²) in [7, 11) is 1.58. The molecule has 6 nitrogen and oxygen atoms in total. The van der Waals surface area contributed by atoms with Gasteiger partial charge in [0.1, 0.15) is 11.9 Å². The molecule has 3 rings (SSSR count). The Morgan fingerprint density at radius 3 is 2.75 bits per heavy atom. The standard InChI is InChI=1S/C18H21N3O3/c1-23-17-9-5-6-13(20-17)11-21-12-15(10-16(21)18(19)22)24-14-7-3-2-4-8-14/h2-9,15-16H,10-12H2,1H3,(H2,19,22)/t15-,16-/m0/s1. The molecule has 2 aromatic rings. The zero-order valence-electron chi connectivity index (χ0n) is 13.6. The van der Waals surface area contributed by atoms with Crippen LogP contribution in [0.2, 0.25) is 0 Å². The van der Waals surface area contributed by atoms with Crippen LogP contribution in [0.1, 0.15) is 12.1 Å². The molecule has 0 bridgehead atoms. The summed E-state index contributed by atoms with van der Waals surface area (Å²) < 4.78 is 11.1. The first-order chi connectivity index (χ1) is 11.7. The van der Waals surface area contributed by atoms with Gasteiger partial charge in [-0.2, -0.15) is 0 Å². The maximum atomic E-state index is 11.8. The number of hydrogen-bond acceptors (Lipinski definition) is 5. The first-order valence-corrected chi connectivity index (χ1v) is 7.90. The molecule has 24 heavy (non-hydrogen) atoms. The van der Waals surface area contributed by atoms with E-state index in [1.165, 1.54) is 0 Å². The number of para-hydroxylation sites is 1. The lowest BCUT2D eigenvalue weighted by atomic mass is 10.2. The van der Waals surface area contributed by atoms with Crippen LogP contribution >= 0.6 is 0 Å². The predicted molar refractivity (Wildman–Crippen MR) is 89.7 cm³/mol. The third-order valence-corrected chi connectivity index (χ3v) is 4.09. The van der Waals surface area contributed by atoms with E-state index >= 15 is 0 Å². The van der Waals surface area contributed by atoms with Crippen molar-refractivity contribution in [3.8, 4) is 11.6 Å². The molecule has 1 fully saturated rings. The Balaban J connectivity index is 1.70. The van der Waals surface area contributed by atoms with Crippen LogP contribution in [0.15, 0.2) is 48.5 Å². The van der Waals surface area contributed by atoms with Gasteiger partial charge in [0.25, 0.3) is 0 Å². The summed E-state index contributed by atoms with van der Waals surface area (Å²) in [6.45, 7) is 1.15. The SMILES string of the molecule is COc1cccc(CN2C[C@@H](Oc3ccccc3)C[C@H]2C(N)=O)n1. The van der Waals surface area contributed by atoms with E-state index in [0.29, 0.717) is 25.4 Å². The van der Waals surface area contributed by atoms with Gasteiger partial charge in [0.2, 0.25) is 11.8 Å². The van der Waals surface area contributed by atoms with Crippen LogP contribution in [-0.2, 0) is 11.3 Å². The molecular formula is C18H21N3O3. The van der Waals surface area contributed by atoms with Crippen LogP contribution in [0, 0.1) is 0 Å². The van der Waals surface area contributed by atoms with E-state index in [1.807, 2.05) is 47.4 Å². The zero-order valence-corrected chi connectivity index (χ0v) is 13.6. The van der Waals surface area contributed by atoms with E-state index in [-0.39, 0.29) is 18.1 Å². The van der Waals surface area contributed by atoms with Crippen LogP contribution < -0.4 is 15.2 Å². The van der Waals surface area contributed by atoms with E-state index in [0.717, 1.165) is 11.4 Å². The number of amides is 1. The van der Waals surface area contributed by atoms with Crippen molar-refractivity contribution in [1.82, 2.24) is 9.88 Å². The minimum absolute atomic E-state index is 0.0736. The summed E-state index contributed by atoms with van der Waals surface area (Å²) in [5.41, 5.74) is 6.41. The second kappa shape index (κ2) is 7.31. The number of carbonyl (C=O) groups excluding carboxylic acids is 1. The highest BCUT2D eigenvalue weighted by molar-refractivity contribution is 5.80. The number of benzene rings is 1. The third-order valence-electron chi connectivity index (χ3n) is 4.09. The lowest BCUT2D eigenvalue weighted by molar-refractivity contribution is -0.122. The lowest BCUT2D eigenvalue weighted by Crippen LogP contribution is -2.39. The molecule has 0 radical (unpaired) electrons. The topological polar surface area (TPSA) is 77.7 Å². The number of methoxy groups -OCH3 is 1. The molecule has 0 aliphatic carbocycles. The van der Waals surface area contributed by atoms with Gasteiger partial charge in [0, 0.05) is 25.6 Å². The molecule has 2 atom stereocenters. The zero-order chi connectivity index (χ0) is 16.9. The van der Waals surface area contributed by atoms with Gasteiger partial charge in [-0.1, -0.05) is 24.3 Å². The van der Waals surface area contributed by atoms with Crippen LogP contribution in [0.4, 0.5) is 0 Å². The second-order valence-corrected chi connectivity index (χ2v) is 5.81. The van der Waals surface area contributed by atoms with Crippen LogP contribution in [0.3, 0.4) is 0 Å². The maximum Gasteiger partial charge on any atom is 0.234 e. The molecule has 1 saturated heterocycles. The minimum atomic E-state index is -0.355. The van der Waals surface area contributed by atoms with Gasteiger partial charge in [-0.3, -0.25) is 9.69 Å². The van der Waals surface area contributed by atoms with Crippen molar-refractivity contribution < 1.29 is 14.3 Å². The average molecular weight is 327 g/mol. The summed E-state index contributed by atoms with van der Waals surface area (Å²) in [6.07, 6.45) is 0.504. The van der Waals surface area contributed by atoms with Gasteiger partial charge in [0.05, 0.1) is 18.8 Å². The van der Waals surface area contributed by atoms with Crippen molar-refractivity contribution >= 4 is 5.91 Å². The van der Waals surface area contributed by atoms with Gasteiger partial charge >= 0.3 is 0 Å². The molecule has 0 saturated carbocycles. The molecule has 1 amide bonds. The van der Waals surface area contributed by atoms with E-state index in [2.05, 4.69) is 4.98 Å². The van der Waals surface area contributed by atoms with Crippen molar-refractivity contribution in [3.05, 3.63) is 54.2 Å². The maximum absolute atomic E-state index is 11.8.